The predicted molar refractivity (Wildman–Crippen MR) is 272 cm³/mol. The number of fused-ring (bicyclic) bond motifs is 5. The minimum absolute atomic E-state index is 0.671. The summed E-state index contributed by atoms with van der Waals surface area (Å²) in [4.78, 5) is 0. The summed E-state index contributed by atoms with van der Waals surface area (Å²) in [5.74, 6) is 1.34. The Morgan fingerprint density at radius 2 is 1.02 bits per heavy atom. The summed E-state index contributed by atoms with van der Waals surface area (Å²) in [5, 5.41) is 8.47. The number of aryl methyl sites for hydroxylation is 2. The molecular formula is C58H61Cl2SiZr-3. The van der Waals surface area contributed by atoms with Crippen LogP contribution < -0.4 is 10.4 Å². The van der Waals surface area contributed by atoms with Gasteiger partial charge >= 0.3 is 37.9 Å². The fourth-order valence-electron chi connectivity index (χ4n) is 8.67. The Bertz CT molecular complexity index is 2400. The van der Waals surface area contributed by atoms with Crippen LogP contribution in [0.3, 0.4) is 0 Å². The number of hydrogen-bond donors (Lipinski definition) is 0. The molecule has 8 aromatic carbocycles. The number of halogens is 2. The van der Waals surface area contributed by atoms with Crippen molar-refractivity contribution < 1.29 is 20.8 Å². The van der Waals surface area contributed by atoms with Crippen LogP contribution in [-0.4, -0.2) is 9.52 Å². The molecule has 0 saturated carbocycles. The van der Waals surface area contributed by atoms with E-state index in [0.717, 1.165) is 22.4 Å². The zero-order chi connectivity index (χ0) is 43.8. The molecule has 1 aliphatic heterocycles. The first kappa shape index (κ1) is 47.7. The van der Waals surface area contributed by atoms with Gasteiger partial charge in [0, 0.05) is 0 Å². The summed E-state index contributed by atoms with van der Waals surface area (Å²) in [6, 6.07) is 58.9. The van der Waals surface area contributed by atoms with Gasteiger partial charge in [0.1, 0.15) is 0 Å². The first-order chi connectivity index (χ1) is 30.2. The number of hydrogen-bond acceptors (Lipinski definition) is 0. The van der Waals surface area contributed by atoms with E-state index in [1.54, 1.807) is 0 Å². The summed E-state index contributed by atoms with van der Waals surface area (Å²) in [7, 11) is 10.7. The summed E-state index contributed by atoms with van der Waals surface area (Å²) in [6.07, 6.45) is 9.71. The van der Waals surface area contributed by atoms with Gasteiger partial charge in [-0.1, -0.05) is 185 Å². The van der Waals surface area contributed by atoms with Crippen molar-refractivity contribution in [3.05, 3.63) is 180 Å². The van der Waals surface area contributed by atoms with Gasteiger partial charge in [-0.15, -0.1) is 74.6 Å². The van der Waals surface area contributed by atoms with Gasteiger partial charge in [0.25, 0.3) is 0 Å². The zero-order valence-electron chi connectivity index (χ0n) is 37.5. The molecule has 0 unspecified atom stereocenters. The molecule has 0 bridgehead atoms. The minimum atomic E-state index is -0.826. The molecule has 318 valence electrons. The maximum atomic E-state index is 4.93. The summed E-state index contributed by atoms with van der Waals surface area (Å²) < 4.78 is 0. The Morgan fingerprint density at radius 1 is 0.565 bits per heavy atom. The molecule has 0 N–H and O–H groups in total. The van der Waals surface area contributed by atoms with Crippen LogP contribution in [0, 0.1) is 17.9 Å². The van der Waals surface area contributed by atoms with E-state index in [2.05, 4.69) is 193 Å². The second kappa shape index (κ2) is 24.3. The van der Waals surface area contributed by atoms with Gasteiger partial charge in [0.15, 0.2) is 0 Å². The van der Waals surface area contributed by atoms with E-state index in [9.17, 15) is 0 Å². The van der Waals surface area contributed by atoms with Gasteiger partial charge in [0.2, 0.25) is 0 Å². The molecule has 0 atom stereocenters. The fourth-order valence-corrected chi connectivity index (χ4v) is 9.98. The van der Waals surface area contributed by atoms with Crippen LogP contribution in [0.4, 0.5) is 0 Å². The van der Waals surface area contributed by atoms with E-state index in [0.29, 0.717) is 11.8 Å². The second-order valence-corrected chi connectivity index (χ2v) is 22.3. The largest absolute Gasteiger partial charge is 0.184 e. The summed E-state index contributed by atoms with van der Waals surface area (Å²) >= 11 is -0.826. The monoisotopic (exact) mass is 945 g/mol. The van der Waals surface area contributed by atoms with Crippen LogP contribution in [0.2, 0.25) is 0 Å². The Hall–Kier alpha value is -3.78. The SMILES string of the molecule is CCCCc1cc2c(-c3ccccc3)c(CC(C)C)ccc2[cH-]1.CCCCc1cc2c(-c3ccccc3)c(CC(C)C)ccc2[cH-]1.[Cl][Zr][Cl].[c-]1cccc2c1[Si]c1ccccc1-2. The van der Waals surface area contributed by atoms with Gasteiger partial charge in [-0.05, 0) is 48.6 Å². The van der Waals surface area contributed by atoms with Gasteiger partial charge in [-0.2, -0.15) is 41.6 Å². The van der Waals surface area contributed by atoms with Crippen molar-refractivity contribution in [2.45, 2.75) is 92.9 Å². The van der Waals surface area contributed by atoms with E-state index >= 15 is 0 Å². The van der Waals surface area contributed by atoms with Gasteiger partial charge < -0.3 is 0 Å². The van der Waals surface area contributed by atoms with E-state index in [1.165, 1.54) is 126 Å². The zero-order valence-corrected chi connectivity index (χ0v) is 42.5. The van der Waals surface area contributed by atoms with Crippen molar-refractivity contribution in [2.75, 3.05) is 0 Å². The average molecular weight is 948 g/mol. The third-order valence-electron chi connectivity index (χ3n) is 11.4. The Balaban J connectivity index is 0.000000155. The number of benzene rings is 6. The van der Waals surface area contributed by atoms with Gasteiger partial charge in [-0.3, -0.25) is 0 Å². The van der Waals surface area contributed by atoms with Gasteiger partial charge in [0.05, 0.1) is 9.52 Å². The smallest absolute Gasteiger partial charge is 0.0920 e. The molecule has 0 spiro atoms. The van der Waals surface area contributed by atoms with Crippen molar-refractivity contribution in [3.63, 3.8) is 0 Å². The fraction of sp³-hybridized carbons (Fsp3) is 0.276. The van der Waals surface area contributed by atoms with Crippen molar-refractivity contribution in [1.82, 2.24) is 0 Å². The van der Waals surface area contributed by atoms with E-state index in [1.807, 2.05) is 6.07 Å². The van der Waals surface area contributed by atoms with Crippen LogP contribution in [0.15, 0.2) is 152 Å². The van der Waals surface area contributed by atoms with Crippen LogP contribution in [0.1, 0.15) is 89.5 Å². The predicted octanol–water partition coefficient (Wildman–Crippen LogP) is 16.0. The molecule has 0 saturated heterocycles. The average Bonchev–Trinajstić information content (AvgIpc) is 4.01. The van der Waals surface area contributed by atoms with Crippen LogP contribution >= 0.6 is 17.0 Å². The number of unbranched alkanes of at least 4 members (excludes halogenated alkanes) is 2. The van der Waals surface area contributed by atoms with E-state index < -0.39 is 20.8 Å². The van der Waals surface area contributed by atoms with Crippen molar-refractivity contribution in [1.29, 1.82) is 0 Å². The quantitative estimate of drug-likeness (QED) is 0.0846. The summed E-state index contributed by atoms with van der Waals surface area (Å²) in [5.41, 5.74) is 14.3. The molecule has 8 aromatic rings. The molecule has 2 radical (unpaired) electrons. The molecule has 62 heavy (non-hydrogen) atoms. The first-order valence-electron chi connectivity index (χ1n) is 22.6. The second-order valence-electron chi connectivity index (χ2n) is 17.3. The van der Waals surface area contributed by atoms with Crippen LogP contribution in [0.5, 0.6) is 0 Å². The molecule has 0 amide bonds. The molecule has 0 aromatic heterocycles. The molecular weight excluding hydrogens is 887 g/mol. The van der Waals surface area contributed by atoms with Crippen LogP contribution in [-0.2, 0) is 46.5 Å². The van der Waals surface area contributed by atoms with Gasteiger partial charge in [-0.25, -0.2) is 0 Å². The molecule has 0 aliphatic carbocycles. The van der Waals surface area contributed by atoms with Crippen LogP contribution in [0.25, 0.3) is 54.9 Å². The topological polar surface area (TPSA) is 0 Å². The molecule has 1 aliphatic rings. The molecule has 1 heterocycles. The third-order valence-corrected chi connectivity index (χ3v) is 12.8. The molecule has 0 fully saturated rings. The standard InChI is InChI=1S/2C23H27.C12H7Si.2ClH.Zr/c2*1-4-5-9-18-15-20-12-13-21(14-17(2)3)23(22(20)16-18)19-10-7-6-8-11-19;1-3-7-11-9(5-1)10-6-2-4-8-12(10)13-11;;;/h2*6-8,10-13,15-17H,4-5,9,14H2,1-3H3;1-7H;2*1H;/q3*-1;;;+2/p-2. The van der Waals surface area contributed by atoms with E-state index in [4.69, 9.17) is 17.0 Å². The molecule has 4 heteroatoms. The van der Waals surface area contributed by atoms with Crippen molar-refractivity contribution in [3.8, 4) is 33.4 Å². The van der Waals surface area contributed by atoms with Crippen molar-refractivity contribution >= 4 is 58.5 Å². The molecule has 9 rings (SSSR count). The third kappa shape index (κ3) is 12.7. The molecule has 0 nitrogen and oxygen atoms in total. The number of rotatable bonds is 12. The minimum Gasteiger partial charge on any atom is -0.184 e. The summed E-state index contributed by atoms with van der Waals surface area (Å²) in [6.45, 7) is 13.7. The Labute approximate surface area is 394 Å². The maximum Gasteiger partial charge on any atom is 0.0920 e. The maximum absolute atomic E-state index is 4.93. The Kier molecular flexibility index (Phi) is 18.7. The normalized spacial score (nSPS) is 11.3. The van der Waals surface area contributed by atoms with Crippen molar-refractivity contribution in [2.24, 2.45) is 11.8 Å². The Morgan fingerprint density at radius 3 is 1.48 bits per heavy atom. The van der Waals surface area contributed by atoms with E-state index in [-0.39, 0.29) is 0 Å². The first-order valence-corrected chi connectivity index (χ1v) is 29.9.